The van der Waals surface area contributed by atoms with Crippen molar-refractivity contribution in [2.45, 2.75) is 6.92 Å². The van der Waals surface area contributed by atoms with Crippen LogP contribution < -0.4 is 10.1 Å². The highest BCUT2D eigenvalue weighted by molar-refractivity contribution is 9.10. The third-order valence-corrected chi connectivity index (χ3v) is 3.03. The molecule has 3 nitrogen and oxygen atoms in total. The van der Waals surface area contributed by atoms with E-state index in [1.807, 2.05) is 31.2 Å². The third kappa shape index (κ3) is 3.37. The maximum Gasteiger partial charge on any atom is 0.144 e. The van der Waals surface area contributed by atoms with E-state index < -0.39 is 0 Å². The van der Waals surface area contributed by atoms with E-state index in [0.29, 0.717) is 17.4 Å². The molecule has 1 heterocycles. The topological polar surface area (TPSA) is 34.1 Å². The molecule has 0 aliphatic heterocycles. The predicted octanol–water partition coefficient (Wildman–Crippen LogP) is 4.64. The first-order chi connectivity index (χ1) is 8.69. The van der Waals surface area contributed by atoms with Crippen LogP contribution in [0.2, 0.25) is 5.02 Å². The second-order valence-corrected chi connectivity index (χ2v) is 4.86. The molecule has 0 saturated heterocycles. The van der Waals surface area contributed by atoms with E-state index >= 15 is 0 Å². The number of anilines is 2. The van der Waals surface area contributed by atoms with Gasteiger partial charge in [-0.15, -0.1) is 0 Å². The Balaban J connectivity index is 2.20. The number of hydrogen-bond donors (Lipinski definition) is 1. The molecular formula is C13H12BrClN2O. The Morgan fingerprint density at radius 1 is 1.39 bits per heavy atom. The zero-order valence-electron chi connectivity index (χ0n) is 9.78. The lowest BCUT2D eigenvalue weighted by Gasteiger charge is -2.09. The fraction of sp³-hybridized carbons (Fsp3) is 0.154. The number of hydrogen-bond acceptors (Lipinski definition) is 3. The fourth-order valence-electron chi connectivity index (χ4n) is 1.47. The van der Waals surface area contributed by atoms with Crippen LogP contribution in [-0.2, 0) is 0 Å². The minimum Gasteiger partial charge on any atom is -0.494 e. The monoisotopic (exact) mass is 326 g/mol. The number of halogens is 2. The van der Waals surface area contributed by atoms with Crippen molar-refractivity contribution in [3.05, 3.63) is 46.0 Å². The summed E-state index contributed by atoms with van der Waals surface area (Å²) < 4.78 is 6.26. The molecule has 0 amide bonds. The van der Waals surface area contributed by atoms with Crippen LogP contribution in [0.25, 0.3) is 0 Å². The van der Waals surface area contributed by atoms with Gasteiger partial charge in [0.25, 0.3) is 0 Å². The summed E-state index contributed by atoms with van der Waals surface area (Å²) in [5.74, 6) is 1.54. The summed E-state index contributed by atoms with van der Waals surface area (Å²) in [5.41, 5.74) is 0.913. The quantitative estimate of drug-likeness (QED) is 0.888. The highest BCUT2D eigenvalue weighted by Crippen LogP contribution is 2.27. The van der Waals surface area contributed by atoms with Crippen molar-refractivity contribution in [1.82, 2.24) is 4.98 Å². The maximum absolute atomic E-state index is 5.85. The molecule has 0 atom stereocenters. The zero-order chi connectivity index (χ0) is 13.0. The van der Waals surface area contributed by atoms with E-state index in [1.165, 1.54) is 0 Å². The summed E-state index contributed by atoms with van der Waals surface area (Å²) in [7, 11) is 0. The molecular weight excluding hydrogens is 316 g/mol. The molecule has 1 aromatic heterocycles. The fourth-order valence-corrected chi connectivity index (χ4v) is 2.21. The molecule has 0 aliphatic carbocycles. The number of nitrogens with zero attached hydrogens (tertiary/aromatic N) is 1. The molecule has 18 heavy (non-hydrogen) atoms. The van der Waals surface area contributed by atoms with E-state index in [-0.39, 0.29) is 0 Å². The first kappa shape index (κ1) is 13.2. The van der Waals surface area contributed by atoms with Crippen molar-refractivity contribution in [3.8, 4) is 5.75 Å². The normalized spacial score (nSPS) is 10.2. The lowest BCUT2D eigenvalue weighted by molar-refractivity contribution is 0.340. The Bertz CT molecular complexity index is 548. The standard InChI is InChI=1S/C13H12BrClN2O/c1-2-18-11-5-3-4-10(7-11)17-13-12(14)6-9(15)8-16-13/h3-8H,2H2,1H3,(H,16,17). The Labute approximate surface area is 119 Å². The molecule has 1 aromatic carbocycles. The summed E-state index contributed by atoms with van der Waals surface area (Å²) >= 11 is 9.26. The first-order valence-corrected chi connectivity index (χ1v) is 6.67. The molecule has 2 aromatic rings. The van der Waals surface area contributed by atoms with Gasteiger partial charge in [-0.2, -0.15) is 0 Å². The van der Waals surface area contributed by atoms with E-state index in [0.717, 1.165) is 15.9 Å². The number of rotatable bonds is 4. The summed E-state index contributed by atoms with van der Waals surface area (Å²) in [6, 6.07) is 9.51. The van der Waals surface area contributed by atoms with Crippen molar-refractivity contribution >= 4 is 39.0 Å². The van der Waals surface area contributed by atoms with Crippen molar-refractivity contribution in [3.63, 3.8) is 0 Å². The van der Waals surface area contributed by atoms with Gasteiger partial charge in [0, 0.05) is 18.0 Å². The lowest BCUT2D eigenvalue weighted by atomic mass is 10.3. The van der Waals surface area contributed by atoms with Gasteiger partial charge in [-0.1, -0.05) is 17.7 Å². The molecule has 0 radical (unpaired) electrons. The molecule has 2 rings (SSSR count). The van der Waals surface area contributed by atoms with E-state index in [2.05, 4.69) is 26.2 Å². The molecule has 0 bridgehead atoms. The van der Waals surface area contributed by atoms with Gasteiger partial charge in [-0.25, -0.2) is 4.98 Å². The van der Waals surface area contributed by atoms with E-state index in [1.54, 1.807) is 12.3 Å². The van der Waals surface area contributed by atoms with Crippen LogP contribution in [0.5, 0.6) is 5.75 Å². The minimum atomic E-state index is 0.593. The van der Waals surface area contributed by atoms with Gasteiger partial charge < -0.3 is 10.1 Å². The third-order valence-electron chi connectivity index (χ3n) is 2.22. The molecule has 94 valence electrons. The average Bonchev–Trinajstić information content (AvgIpc) is 2.34. The van der Waals surface area contributed by atoms with Crippen molar-refractivity contribution in [2.75, 3.05) is 11.9 Å². The predicted molar refractivity (Wildman–Crippen MR) is 77.8 cm³/mol. The average molecular weight is 328 g/mol. The first-order valence-electron chi connectivity index (χ1n) is 5.50. The molecule has 0 unspecified atom stereocenters. The molecule has 0 saturated carbocycles. The summed E-state index contributed by atoms with van der Waals surface area (Å²) in [6.07, 6.45) is 1.60. The molecule has 5 heteroatoms. The number of benzene rings is 1. The molecule has 0 spiro atoms. The van der Waals surface area contributed by atoms with E-state index in [4.69, 9.17) is 16.3 Å². The van der Waals surface area contributed by atoms with Crippen molar-refractivity contribution in [2.24, 2.45) is 0 Å². The smallest absolute Gasteiger partial charge is 0.144 e. The highest BCUT2D eigenvalue weighted by atomic mass is 79.9. The SMILES string of the molecule is CCOc1cccc(Nc2ncc(Cl)cc2Br)c1. The van der Waals surface area contributed by atoms with Crippen LogP contribution in [-0.4, -0.2) is 11.6 Å². The van der Waals surface area contributed by atoms with Crippen LogP contribution in [0, 0.1) is 0 Å². The Morgan fingerprint density at radius 3 is 2.94 bits per heavy atom. The number of ether oxygens (including phenoxy) is 1. The van der Waals surface area contributed by atoms with Crippen LogP contribution in [0.15, 0.2) is 41.0 Å². The molecule has 1 N–H and O–H groups in total. The van der Waals surface area contributed by atoms with Gasteiger partial charge in [0.1, 0.15) is 11.6 Å². The van der Waals surface area contributed by atoms with Crippen LogP contribution in [0.4, 0.5) is 11.5 Å². The van der Waals surface area contributed by atoms with Gasteiger partial charge in [0.05, 0.1) is 16.1 Å². The lowest BCUT2D eigenvalue weighted by Crippen LogP contribution is -1.96. The van der Waals surface area contributed by atoms with E-state index in [9.17, 15) is 0 Å². The van der Waals surface area contributed by atoms with Gasteiger partial charge in [-0.05, 0) is 41.1 Å². The van der Waals surface area contributed by atoms with Crippen LogP contribution in [0.3, 0.4) is 0 Å². The number of pyridine rings is 1. The number of nitrogens with one attached hydrogen (secondary N) is 1. The summed E-state index contributed by atoms with van der Waals surface area (Å²) in [4.78, 5) is 4.22. The highest BCUT2D eigenvalue weighted by Gasteiger charge is 2.03. The summed E-state index contributed by atoms with van der Waals surface area (Å²) in [5, 5.41) is 3.79. The largest absolute Gasteiger partial charge is 0.494 e. The number of aromatic nitrogens is 1. The Kier molecular flexibility index (Phi) is 4.44. The van der Waals surface area contributed by atoms with Crippen molar-refractivity contribution < 1.29 is 4.74 Å². The second kappa shape index (κ2) is 6.07. The molecule has 0 fully saturated rings. The summed E-state index contributed by atoms with van der Waals surface area (Å²) in [6.45, 7) is 2.60. The minimum absolute atomic E-state index is 0.593. The van der Waals surface area contributed by atoms with Gasteiger partial charge in [0.2, 0.25) is 0 Å². The van der Waals surface area contributed by atoms with Crippen LogP contribution >= 0.6 is 27.5 Å². The van der Waals surface area contributed by atoms with Gasteiger partial charge in [-0.3, -0.25) is 0 Å². The van der Waals surface area contributed by atoms with Crippen LogP contribution in [0.1, 0.15) is 6.92 Å². The Morgan fingerprint density at radius 2 is 2.22 bits per heavy atom. The zero-order valence-corrected chi connectivity index (χ0v) is 12.1. The van der Waals surface area contributed by atoms with Gasteiger partial charge >= 0.3 is 0 Å². The van der Waals surface area contributed by atoms with Gasteiger partial charge in [0.15, 0.2) is 0 Å². The Hall–Kier alpha value is -1.26. The second-order valence-electron chi connectivity index (χ2n) is 3.57. The molecule has 0 aliphatic rings. The van der Waals surface area contributed by atoms with Crippen molar-refractivity contribution in [1.29, 1.82) is 0 Å². The maximum atomic E-state index is 5.85.